The van der Waals surface area contributed by atoms with Gasteiger partial charge < -0.3 is 20.1 Å². The number of benzene rings is 1. The molecule has 0 saturated carbocycles. The van der Waals surface area contributed by atoms with Crippen LogP contribution in [0.2, 0.25) is 0 Å². The molecule has 0 fully saturated rings. The highest BCUT2D eigenvalue weighted by molar-refractivity contribution is 5.91. The number of nitrogens with one attached hydrogen (secondary N) is 2. The normalized spacial score (nSPS) is 10.7. The maximum absolute atomic E-state index is 12.5. The van der Waals surface area contributed by atoms with Gasteiger partial charge in [0.15, 0.2) is 5.75 Å². The number of hydrogen-bond acceptors (Lipinski definition) is 4. The number of amides is 2. The Morgan fingerprint density at radius 2 is 1.85 bits per heavy atom. The van der Waals surface area contributed by atoms with Gasteiger partial charge in [-0.15, -0.1) is 0 Å². The van der Waals surface area contributed by atoms with Crippen LogP contribution in [0.25, 0.3) is 0 Å². The van der Waals surface area contributed by atoms with Crippen LogP contribution in [0.3, 0.4) is 0 Å². The molecule has 6 nitrogen and oxygen atoms in total. The first-order chi connectivity index (χ1) is 12.3. The summed E-state index contributed by atoms with van der Waals surface area (Å²) < 4.78 is 57.8. The quantitative estimate of drug-likeness (QED) is 0.722. The number of rotatable bonds is 7. The summed E-state index contributed by atoms with van der Waals surface area (Å²) in [5.41, 5.74) is 1.23. The number of urea groups is 1. The highest BCUT2D eigenvalue weighted by atomic mass is 19.3. The molecule has 26 heavy (non-hydrogen) atoms. The first-order valence-electron chi connectivity index (χ1n) is 7.34. The molecule has 1 aromatic heterocycles. The molecule has 0 bridgehead atoms. The molecule has 2 aromatic rings. The van der Waals surface area contributed by atoms with Gasteiger partial charge in [0.05, 0.1) is 17.9 Å². The lowest BCUT2D eigenvalue weighted by molar-refractivity contribution is -0.0539. The summed E-state index contributed by atoms with van der Waals surface area (Å²) in [6.07, 6.45) is 0. The van der Waals surface area contributed by atoms with E-state index in [1.54, 1.807) is 25.1 Å². The number of alkyl halides is 4. The summed E-state index contributed by atoms with van der Waals surface area (Å²) in [5, 5.41) is 4.80. The number of carbonyl (C=O) groups is 1. The van der Waals surface area contributed by atoms with Crippen molar-refractivity contribution < 1.29 is 31.8 Å². The number of carbonyl (C=O) groups excluding carboxylic acids is 1. The van der Waals surface area contributed by atoms with Gasteiger partial charge in [-0.3, -0.25) is 4.98 Å². The maximum atomic E-state index is 12.5. The topological polar surface area (TPSA) is 72.5 Å². The number of ether oxygens (including phenoxy) is 2. The second-order valence-corrected chi connectivity index (χ2v) is 4.99. The zero-order valence-corrected chi connectivity index (χ0v) is 13.5. The fraction of sp³-hybridized carbons (Fsp3) is 0.250. The molecule has 0 unspecified atom stereocenters. The summed E-state index contributed by atoms with van der Waals surface area (Å²) in [5.74, 6) is -0.896. The molecule has 2 amide bonds. The lowest BCUT2D eigenvalue weighted by atomic mass is 10.2. The Kier molecular flexibility index (Phi) is 6.59. The van der Waals surface area contributed by atoms with Crippen LogP contribution in [0.1, 0.15) is 11.4 Å². The van der Waals surface area contributed by atoms with Gasteiger partial charge in [0.25, 0.3) is 0 Å². The Morgan fingerprint density at radius 1 is 1.12 bits per heavy atom. The largest absolute Gasteiger partial charge is 0.435 e. The van der Waals surface area contributed by atoms with Crippen LogP contribution in [0.15, 0.2) is 36.4 Å². The zero-order valence-electron chi connectivity index (χ0n) is 13.5. The van der Waals surface area contributed by atoms with Crippen molar-refractivity contribution in [3.8, 4) is 11.5 Å². The van der Waals surface area contributed by atoms with Crippen LogP contribution < -0.4 is 20.1 Å². The van der Waals surface area contributed by atoms with Crippen molar-refractivity contribution in [1.29, 1.82) is 0 Å². The lowest BCUT2D eigenvalue weighted by Crippen LogP contribution is -2.28. The molecular formula is C16H15F4N3O3. The third-order valence-electron chi connectivity index (χ3n) is 3.02. The fourth-order valence-corrected chi connectivity index (χ4v) is 2.01. The van der Waals surface area contributed by atoms with Crippen molar-refractivity contribution in [2.45, 2.75) is 26.7 Å². The van der Waals surface area contributed by atoms with Gasteiger partial charge in [0.2, 0.25) is 0 Å². The predicted molar refractivity (Wildman–Crippen MR) is 84.5 cm³/mol. The van der Waals surface area contributed by atoms with Gasteiger partial charge in [-0.05, 0) is 31.2 Å². The van der Waals surface area contributed by atoms with Gasteiger partial charge in [-0.2, -0.15) is 17.6 Å². The number of aromatic nitrogens is 1. The van der Waals surface area contributed by atoms with Crippen LogP contribution >= 0.6 is 0 Å². The van der Waals surface area contributed by atoms with Crippen molar-refractivity contribution in [3.05, 3.63) is 47.8 Å². The summed E-state index contributed by atoms with van der Waals surface area (Å²) in [6.45, 7) is -4.44. The second kappa shape index (κ2) is 8.88. The Morgan fingerprint density at radius 3 is 2.50 bits per heavy atom. The molecule has 0 saturated heterocycles. The number of anilines is 1. The molecule has 1 heterocycles. The van der Waals surface area contributed by atoms with Crippen molar-refractivity contribution in [3.63, 3.8) is 0 Å². The van der Waals surface area contributed by atoms with Gasteiger partial charge in [0, 0.05) is 11.8 Å². The van der Waals surface area contributed by atoms with E-state index in [0.717, 1.165) is 23.9 Å². The number of pyridine rings is 1. The van der Waals surface area contributed by atoms with Gasteiger partial charge in [0.1, 0.15) is 5.75 Å². The van der Waals surface area contributed by atoms with Crippen LogP contribution in [-0.4, -0.2) is 24.2 Å². The van der Waals surface area contributed by atoms with Gasteiger partial charge in [-0.25, -0.2) is 4.79 Å². The average molecular weight is 373 g/mol. The van der Waals surface area contributed by atoms with E-state index >= 15 is 0 Å². The lowest BCUT2D eigenvalue weighted by Gasteiger charge is -2.14. The van der Waals surface area contributed by atoms with E-state index in [9.17, 15) is 22.4 Å². The fourth-order valence-electron chi connectivity index (χ4n) is 2.01. The molecule has 0 aliphatic heterocycles. The Bertz CT molecular complexity index is 759. The Hall–Kier alpha value is -3.04. The van der Waals surface area contributed by atoms with E-state index in [1.165, 1.54) is 0 Å². The first kappa shape index (κ1) is 19.3. The third-order valence-corrected chi connectivity index (χ3v) is 3.02. The van der Waals surface area contributed by atoms with E-state index < -0.39 is 25.0 Å². The second-order valence-electron chi connectivity index (χ2n) is 4.99. The van der Waals surface area contributed by atoms with Crippen LogP contribution in [0.4, 0.5) is 28.0 Å². The van der Waals surface area contributed by atoms with Gasteiger partial charge >= 0.3 is 19.3 Å². The minimum absolute atomic E-state index is 0.102. The molecule has 0 spiro atoms. The summed E-state index contributed by atoms with van der Waals surface area (Å²) in [6, 6.07) is 7.58. The number of halogens is 4. The Balaban J connectivity index is 2.05. The molecular weight excluding hydrogens is 358 g/mol. The van der Waals surface area contributed by atoms with Crippen molar-refractivity contribution in [2.24, 2.45) is 0 Å². The van der Waals surface area contributed by atoms with Crippen LogP contribution in [-0.2, 0) is 6.54 Å². The molecule has 0 atom stereocenters. The number of nitrogens with zero attached hydrogens (tertiary/aromatic N) is 1. The van der Waals surface area contributed by atoms with E-state index in [1.807, 2.05) is 0 Å². The monoisotopic (exact) mass is 373 g/mol. The van der Waals surface area contributed by atoms with Crippen LogP contribution in [0.5, 0.6) is 11.5 Å². The highest BCUT2D eigenvalue weighted by Gasteiger charge is 2.15. The highest BCUT2D eigenvalue weighted by Crippen LogP contribution is 2.31. The molecule has 10 heteroatoms. The van der Waals surface area contributed by atoms with E-state index in [4.69, 9.17) is 0 Å². The minimum atomic E-state index is -3.21. The number of hydrogen-bond donors (Lipinski definition) is 2. The van der Waals surface area contributed by atoms with Crippen molar-refractivity contribution in [2.75, 3.05) is 5.32 Å². The standard InChI is InChI=1S/C16H15F4N3O3/c1-9-3-2-4-10(22-9)8-21-16(24)23-12-6-5-11(25-14(17)18)7-13(12)26-15(19)20/h2-7,14-15H,8H2,1H3,(H2,21,23,24). The van der Waals surface area contributed by atoms with E-state index in [2.05, 4.69) is 25.1 Å². The van der Waals surface area contributed by atoms with E-state index in [-0.39, 0.29) is 18.0 Å². The maximum Gasteiger partial charge on any atom is 0.387 e. The van der Waals surface area contributed by atoms with Gasteiger partial charge in [-0.1, -0.05) is 6.07 Å². The van der Waals surface area contributed by atoms with Crippen molar-refractivity contribution in [1.82, 2.24) is 10.3 Å². The summed E-state index contributed by atoms with van der Waals surface area (Å²) in [7, 11) is 0. The molecule has 0 aliphatic rings. The third kappa shape index (κ3) is 6.11. The molecule has 0 radical (unpaired) electrons. The average Bonchev–Trinajstić information content (AvgIpc) is 2.54. The minimum Gasteiger partial charge on any atom is -0.435 e. The molecule has 2 rings (SSSR count). The first-order valence-corrected chi connectivity index (χ1v) is 7.34. The van der Waals surface area contributed by atoms with E-state index in [0.29, 0.717) is 5.69 Å². The molecule has 0 aliphatic carbocycles. The predicted octanol–water partition coefficient (Wildman–Crippen LogP) is 3.91. The smallest absolute Gasteiger partial charge is 0.387 e. The summed E-state index contributed by atoms with van der Waals surface area (Å²) >= 11 is 0. The number of aryl methyl sites for hydroxylation is 1. The SMILES string of the molecule is Cc1cccc(CNC(=O)Nc2ccc(OC(F)F)cc2OC(F)F)n1. The molecule has 140 valence electrons. The van der Waals surface area contributed by atoms with Crippen LogP contribution in [0, 0.1) is 6.92 Å². The molecule has 1 aromatic carbocycles. The molecule has 2 N–H and O–H groups in total. The van der Waals surface area contributed by atoms with Crippen molar-refractivity contribution >= 4 is 11.7 Å². The zero-order chi connectivity index (χ0) is 19.1. The Labute approximate surface area is 146 Å². The summed E-state index contributed by atoms with van der Waals surface area (Å²) in [4.78, 5) is 16.1.